The summed E-state index contributed by atoms with van der Waals surface area (Å²) in [5.41, 5.74) is 6.33. The summed E-state index contributed by atoms with van der Waals surface area (Å²) in [6.45, 7) is 9.21. The molecule has 0 aliphatic carbocycles. The fourth-order valence-corrected chi connectivity index (χ4v) is 5.26. The van der Waals surface area contributed by atoms with Gasteiger partial charge in [-0.15, -0.1) is 0 Å². The maximum Gasteiger partial charge on any atom is 0.180 e. The Hall–Kier alpha value is -3.34. The van der Waals surface area contributed by atoms with Gasteiger partial charge in [0.25, 0.3) is 0 Å². The lowest BCUT2D eigenvalue weighted by molar-refractivity contribution is 0.233. The molecule has 4 aromatic rings. The summed E-state index contributed by atoms with van der Waals surface area (Å²) in [5.74, 6) is 0.493. The Morgan fingerprint density at radius 2 is 1.59 bits per heavy atom. The highest BCUT2D eigenvalue weighted by Crippen LogP contribution is 2.27. The van der Waals surface area contributed by atoms with Crippen molar-refractivity contribution in [2.45, 2.75) is 13.1 Å². The molecule has 2 radical (unpaired) electrons. The Morgan fingerprint density at radius 1 is 0.865 bits per heavy atom. The molecule has 0 bridgehead atoms. The van der Waals surface area contributed by atoms with Crippen molar-refractivity contribution < 1.29 is 4.39 Å². The van der Waals surface area contributed by atoms with Gasteiger partial charge < -0.3 is 15.2 Å². The number of piperazine rings is 2. The Balaban J connectivity index is 1.17. The van der Waals surface area contributed by atoms with Crippen molar-refractivity contribution in [3.8, 4) is 11.4 Å². The number of rotatable bonds is 6. The molecule has 3 aromatic heterocycles. The fraction of sp³-hybridized carbons (Fsp3) is 0.370. The second-order valence-corrected chi connectivity index (χ2v) is 9.84. The Labute approximate surface area is 217 Å². The van der Waals surface area contributed by atoms with Crippen molar-refractivity contribution >= 4 is 30.2 Å². The second kappa shape index (κ2) is 10.6. The molecule has 37 heavy (non-hydrogen) atoms. The first-order chi connectivity index (χ1) is 18.1. The van der Waals surface area contributed by atoms with Crippen LogP contribution in [0.25, 0.3) is 22.6 Å². The Bertz CT molecular complexity index is 1360. The highest BCUT2D eigenvalue weighted by atomic mass is 19.1. The number of hydrogen-bond donors (Lipinski definition) is 2. The molecule has 2 aliphatic heterocycles. The topological polar surface area (TPSA) is 76.2 Å². The average Bonchev–Trinajstić information content (AvgIpc) is 3.35. The number of imidazole rings is 1. The van der Waals surface area contributed by atoms with E-state index in [9.17, 15) is 4.39 Å². The predicted octanol–water partition coefficient (Wildman–Crippen LogP) is 1.68. The van der Waals surface area contributed by atoms with Gasteiger partial charge in [0.1, 0.15) is 25.0 Å². The summed E-state index contributed by atoms with van der Waals surface area (Å²) >= 11 is 0. The molecule has 1 aromatic carbocycles. The van der Waals surface area contributed by atoms with Crippen LogP contribution in [0.4, 0.5) is 10.1 Å². The van der Waals surface area contributed by atoms with Crippen LogP contribution in [-0.2, 0) is 13.1 Å². The predicted molar refractivity (Wildman–Crippen MR) is 145 cm³/mol. The zero-order valence-corrected chi connectivity index (χ0v) is 20.8. The van der Waals surface area contributed by atoms with Gasteiger partial charge in [-0.25, -0.2) is 14.4 Å². The standard InChI is InChI=1S/C27H30BFN8/c28-23-16-32-27-24(25(23)37-11-9-36(10-12-37)18-20-13-22(29)15-31-14-20)33-26(34-27)21-3-1-19(2-4-21)17-35-7-5-30-6-8-35/h1-4,13-16,30H,5-12,17-18H2,(H,32,33,34). The molecule has 0 spiro atoms. The lowest BCUT2D eigenvalue weighted by Gasteiger charge is -2.37. The number of H-pyrrole nitrogens is 1. The van der Waals surface area contributed by atoms with Crippen LogP contribution in [0.3, 0.4) is 0 Å². The Kier molecular flexibility index (Phi) is 6.86. The van der Waals surface area contributed by atoms with Crippen molar-refractivity contribution in [1.29, 1.82) is 0 Å². The number of aromatic nitrogens is 4. The van der Waals surface area contributed by atoms with Crippen molar-refractivity contribution in [1.82, 2.24) is 35.1 Å². The average molecular weight is 496 g/mol. The molecule has 5 heterocycles. The number of anilines is 1. The van der Waals surface area contributed by atoms with Gasteiger partial charge in [0, 0.05) is 83.4 Å². The van der Waals surface area contributed by atoms with Gasteiger partial charge in [-0.3, -0.25) is 14.8 Å². The normalized spacial score (nSPS) is 17.5. The number of halogens is 1. The first-order valence-corrected chi connectivity index (χ1v) is 12.9. The van der Waals surface area contributed by atoms with E-state index in [1.807, 2.05) is 0 Å². The number of nitrogens with zero attached hydrogens (tertiary/aromatic N) is 6. The number of pyridine rings is 2. The summed E-state index contributed by atoms with van der Waals surface area (Å²) in [7, 11) is 6.42. The van der Waals surface area contributed by atoms with E-state index >= 15 is 0 Å². The van der Waals surface area contributed by atoms with Crippen LogP contribution in [0.5, 0.6) is 0 Å². The molecule has 0 unspecified atom stereocenters. The van der Waals surface area contributed by atoms with Crippen molar-refractivity contribution in [3.63, 3.8) is 0 Å². The Morgan fingerprint density at radius 3 is 2.35 bits per heavy atom. The van der Waals surface area contributed by atoms with E-state index in [1.165, 1.54) is 11.8 Å². The van der Waals surface area contributed by atoms with Gasteiger partial charge in [0.15, 0.2) is 5.65 Å². The van der Waals surface area contributed by atoms with Crippen LogP contribution in [0, 0.1) is 5.82 Å². The monoisotopic (exact) mass is 496 g/mol. The highest BCUT2D eigenvalue weighted by Gasteiger charge is 2.22. The van der Waals surface area contributed by atoms with Gasteiger partial charge in [-0.1, -0.05) is 29.7 Å². The zero-order valence-electron chi connectivity index (χ0n) is 20.8. The minimum atomic E-state index is -0.299. The van der Waals surface area contributed by atoms with E-state index < -0.39 is 0 Å². The van der Waals surface area contributed by atoms with Gasteiger partial charge in [0.2, 0.25) is 0 Å². The molecule has 2 aliphatic rings. The minimum Gasteiger partial charge on any atom is -0.368 e. The van der Waals surface area contributed by atoms with E-state index in [2.05, 4.69) is 59.2 Å². The van der Waals surface area contributed by atoms with Gasteiger partial charge in [-0.05, 0) is 17.2 Å². The molecule has 6 rings (SSSR count). The van der Waals surface area contributed by atoms with Crippen molar-refractivity contribution in [3.05, 3.63) is 65.9 Å². The maximum absolute atomic E-state index is 13.5. The molecular weight excluding hydrogens is 466 g/mol. The van der Waals surface area contributed by atoms with E-state index in [0.717, 1.165) is 87.1 Å². The summed E-state index contributed by atoms with van der Waals surface area (Å²) in [6.07, 6.45) is 4.66. The molecule has 2 fully saturated rings. The number of nitrogens with one attached hydrogen (secondary N) is 2. The number of aromatic amines is 1. The molecule has 0 amide bonds. The minimum absolute atomic E-state index is 0.299. The molecule has 10 heteroatoms. The van der Waals surface area contributed by atoms with Crippen LogP contribution in [0.15, 0.2) is 48.9 Å². The van der Waals surface area contributed by atoms with E-state index in [-0.39, 0.29) is 5.82 Å². The third-order valence-electron chi connectivity index (χ3n) is 7.22. The quantitative estimate of drug-likeness (QED) is 0.394. The third kappa shape index (κ3) is 5.37. The molecule has 2 N–H and O–H groups in total. The van der Waals surface area contributed by atoms with E-state index in [4.69, 9.17) is 12.8 Å². The van der Waals surface area contributed by atoms with Crippen molar-refractivity contribution in [2.75, 3.05) is 57.3 Å². The van der Waals surface area contributed by atoms with Gasteiger partial charge in [0.05, 0.1) is 11.9 Å². The molecule has 0 saturated carbocycles. The summed E-state index contributed by atoms with van der Waals surface area (Å²) in [4.78, 5) is 23.8. The largest absolute Gasteiger partial charge is 0.368 e. The van der Waals surface area contributed by atoms with Crippen LogP contribution < -0.4 is 15.7 Å². The third-order valence-corrected chi connectivity index (χ3v) is 7.22. The molecule has 2 saturated heterocycles. The maximum atomic E-state index is 13.5. The summed E-state index contributed by atoms with van der Waals surface area (Å²) in [6, 6.07) is 10.2. The van der Waals surface area contributed by atoms with Crippen LogP contribution >= 0.6 is 0 Å². The van der Waals surface area contributed by atoms with E-state index in [1.54, 1.807) is 18.5 Å². The molecule has 8 nitrogen and oxygen atoms in total. The lowest BCUT2D eigenvalue weighted by Crippen LogP contribution is -2.47. The first-order valence-electron chi connectivity index (χ1n) is 12.9. The van der Waals surface area contributed by atoms with Gasteiger partial charge >= 0.3 is 0 Å². The fourth-order valence-electron chi connectivity index (χ4n) is 5.26. The summed E-state index contributed by atoms with van der Waals surface area (Å²) in [5, 5.41) is 3.40. The smallest absolute Gasteiger partial charge is 0.180 e. The number of fused-ring (bicyclic) bond motifs is 1. The van der Waals surface area contributed by atoms with Crippen LogP contribution in [0.1, 0.15) is 11.1 Å². The van der Waals surface area contributed by atoms with Crippen LogP contribution in [0.2, 0.25) is 0 Å². The SMILES string of the molecule is [B]c1cnc2nc(-c3ccc(CN4CCNCC4)cc3)[nH]c2c1N1CCN(Cc2cncc(F)c2)CC1. The first kappa shape index (κ1) is 24.0. The van der Waals surface area contributed by atoms with Crippen molar-refractivity contribution in [2.24, 2.45) is 0 Å². The summed E-state index contributed by atoms with van der Waals surface area (Å²) < 4.78 is 13.5. The molecule has 188 valence electrons. The lowest BCUT2D eigenvalue weighted by atomic mass is 9.95. The molecular formula is C27H30BFN8. The molecule has 0 atom stereocenters. The van der Waals surface area contributed by atoms with E-state index in [0.29, 0.717) is 17.7 Å². The zero-order chi connectivity index (χ0) is 25.2. The van der Waals surface area contributed by atoms with Crippen LogP contribution in [-0.4, -0.2) is 89.9 Å². The number of benzene rings is 1. The van der Waals surface area contributed by atoms with Gasteiger partial charge in [-0.2, -0.15) is 0 Å². The second-order valence-electron chi connectivity index (χ2n) is 9.84. The highest BCUT2D eigenvalue weighted by molar-refractivity contribution is 6.37. The number of hydrogen-bond acceptors (Lipinski definition) is 7.